The maximum atomic E-state index is 14.4. The van der Waals surface area contributed by atoms with Crippen LogP contribution in [0.2, 0.25) is 0 Å². The lowest BCUT2D eigenvalue weighted by atomic mass is 10.00. The van der Waals surface area contributed by atoms with Crippen molar-refractivity contribution in [3.63, 3.8) is 0 Å². The molecule has 0 aliphatic carbocycles. The highest BCUT2D eigenvalue weighted by Crippen LogP contribution is 2.25. The van der Waals surface area contributed by atoms with E-state index in [4.69, 9.17) is 11.6 Å². The zero-order chi connectivity index (χ0) is 15.4. The molecular weight excluding hydrogens is 294 g/mol. The number of benzene rings is 1. The summed E-state index contributed by atoms with van der Waals surface area (Å²) in [6.45, 7) is 5.72. The lowest BCUT2D eigenvalue weighted by Gasteiger charge is -2.41. The highest BCUT2D eigenvalue weighted by atomic mass is 35.5. The van der Waals surface area contributed by atoms with Gasteiger partial charge in [-0.3, -0.25) is 0 Å². The maximum Gasteiger partial charge on any atom is 0.133 e. The quantitative estimate of drug-likeness (QED) is 0.768. The summed E-state index contributed by atoms with van der Waals surface area (Å²) >= 11 is 5.90. The van der Waals surface area contributed by atoms with Gasteiger partial charge in [-0.15, -0.1) is 11.6 Å². The van der Waals surface area contributed by atoms with Gasteiger partial charge in [0, 0.05) is 25.3 Å². The Morgan fingerprint density at radius 3 is 2.67 bits per heavy atom. The number of rotatable bonds is 5. The number of nitrogens with zero attached hydrogens (tertiary/aromatic N) is 2. The second-order valence-corrected chi connectivity index (χ2v) is 5.86. The Morgan fingerprint density at radius 1 is 1.43 bits per heavy atom. The van der Waals surface area contributed by atoms with Gasteiger partial charge in [-0.1, -0.05) is 18.7 Å². The summed E-state index contributed by atoms with van der Waals surface area (Å²) in [6.07, 6.45) is -0.210. The van der Waals surface area contributed by atoms with E-state index in [0.717, 1.165) is 18.5 Å². The molecule has 1 saturated heterocycles. The first-order valence-electron chi connectivity index (χ1n) is 7.08. The first kappa shape index (κ1) is 16.2. The van der Waals surface area contributed by atoms with Crippen molar-refractivity contribution < 1.29 is 8.78 Å². The first-order chi connectivity index (χ1) is 10.0. The minimum Gasteiger partial charge on any atom is -0.364 e. The molecule has 0 spiro atoms. The third-order valence-corrected chi connectivity index (χ3v) is 4.25. The number of halogens is 3. The molecule has 1 aliphatic rings. The molecule has 2 rings (SSSR count). The Hall–Kier alpha value is -1.13. The van der Waals surface area contributed by atoms with E-state index in [9.17, 15) is 8.78 Å². The zero-order valence-electron chi connectivity index (χ0n) is 12.2. The van der Waals surface area contributed by atoms with Crippen LogP contribution < -0.4 is 0 Å². The average Bonchev–Trinajstić information content (AvgIpc) is 2.47. The van der Waals surface area contributed by atoms with Gasteiger partial charge in [0.15, 0.2) is 0 Å². The van der Waals surface area contributed by atoms with E-state index < -0.39 is 6.17 Å². The number of hydrogen-bond acceptors (Lipinski definition) is 2. The molecule has 1 aromatic rings. The van der Waals surface area contributed by atoms with E-state index in [1.165, 1.54) is 12.1 Å². The van der Waals surface area contributed by atoms with Crippen molar-refractivity contribution in [3.8, 4) is 0 Å². The standard InChI is InChI=1S/C16H21ClF2N2/c1-12(9-17)21(10-13-3-5-14(18)6-4-13)16-7-8-20(2)11-15(16)19/h3-6,15-16H,1,7-11H2,2H3/t15-,16+/m1/s1. The van der Waals surface area contributed by atoms with Crippen LogP contribution >= 0.6 is 11.6 Å². The fraction of sp³-hybridized carbons (Fsp3) is 0.500. The van der Waals surface area contributed by atoms with Crippen LogP contribution in [-0.4, -0.2) is 48.0 Å². The molecule has 0 aromatic heterocycles. The molecule has 2 atom stereocenters. The summed E-state index contributed by atoms with van der Waals surface area (Å²) in [5.74, 6) is -0.00981. The summed E-state index contributed by atoms with van der Waals surface area (Å²) in [5, 5.41) is 0. The Labute approximate surface area is 130 Å². The van der Waals surface area contributed by atoms with Gasteiger partial charge in [0.1, 0.15) is 12.0 Å². The van der Waals surface area contributed by atoms with E-state index >= 15 is 0 Å². The first-order valence-corrected chi connectivity index (χ1v) is 7.62. The summed E-state index contributed by atoms with van der Waals surface area (Å²) in [6, 6.07) is 6.03. The van der Waals surface area contributed by atoms with Crippen molar-refractivity contribution in [3.05, 3.63) is 47.9 Å². The molecule has 116 valence electrons. The fourth-order valence-electron chi connectivity index (χ4n) is 2.72. The minimum absolute atomic E-state index is 0.225. The molecule has 0 radical (unpaired) electrons. The molecule has 0 unspecified atom stereocenters. The maximum absolute atomic E-state index is 14.4. The van der Waals surface area contributed by atoms with Gasteiger partial charge < -0.3 is 9.80 Å². The third kappa shape index (κ3) is 4.17. The summed E-state index contributed by atoms with van der Waals surface area (Å²) in [4.78, 5) is 3.92. The Balaban J connectivity index is 2.14. The number of alkyl halides is 2. The molecule has 0 saturated carbocycles. The second kappa shape index (κ2) is 7.23. The van der Waals surface area contributed by atoms with Crippen LogP contribution in [0, 0.1) is 5.82 Å². The van der Waals surface area contributed by atoms with Gasteiger partial charge in [-0.2, -0.15) is 0 Å². The fourth-order valence-corrected chi connectivity index (χ4v) is 2.88. The van der Waals surface area contributed by atoms with Crippen molar-refractivity contribution in [2.45, 2.75) is 25.2 Å². The van der Waals surface area contributed by atoms with Crippen LogP contribution in [0.15, 0.2) is 36.5 Å². The van der Waals surface area contributed by atoms with Gasteiger partial charge in [0.2, 0.25) is 0 Å². The molecule has 0 bridgehead atoms. The molecule has 5 heteroatoms. The monoisotopic (exact) mass is 314 g/mol. The molecule has 1 aromatic carbocycles. The molecule has 0 amide bonds. The van der Waals surface area contributed by atoms with E-state index in [0.29, 0.717) is 18.8 Å². The zero-order valence-corrected chi connectivity index (χ0v) is 13.0. The Morgan fingerprint density at radius 2 is 2.10 bits per heavy atom. The predicted molar refractivity (Wildman–Crippen MR) is 82.6 cm³/mol. The van der Waals surface area contributed by atoms with E-state index in [2.05, 4.69) is 6.58 Å². The molecule has 2 nitrogen and oxygen atoms in total. The third-order valence-electron chi connectivity index (χ3n) is 3.94. The molecule has 1 fully saturated rings. The van der Waals surface area contributed by atoms with Crippen LogP contribution in [0.4, 0.5) is 8.78 Å². The van der Waals surface area contributed by atoms with Crippen LogP contribution in [0.5, 0.6) is 0 Å². The molecule has 0 N–H and O–H groups in total. The van der Waals surface area contributed by atoms with Crippen LogP contribution in [-0.2, 0) is 6.54 Å². The van der Waals surface area contributed by atoms with Crippen LogP contribution in [0.3, 0.4) is 0 Å². The SMILES string of the molecule is C=C(CCl)N(Cc1ccc(F)cc1)[C@H]1CCN(C)C[C@H]1F. The van der Waals surface area contributed by atoms with Gasteiger partial charge in [0.05, 0.1) is 11.9 Å². The number of allylic oxidation sites excluding steroid dienone is 1. The number of likely N-dealkylation sites (tertiary alicyclic amines) is 1. The largest absolute Gasteiger partial charge is 0.364 e. The lowest BCUT2D eigenvalue weighted by molar-refractivity contribution is 0.0588. The second-order valence-electron chi connectivity index (χ2n) is 5.59. The van der Waals surface area contributed by atoms with Crippen molar-refractivity contribution in [2.75, 3.05) is 26.0 Å². The highest BCUT2D eigenvalue weighted by Gasteiger charge is 2.32. The molecular formula is C16H21ClF2N2. The minimum atomic E-state index is -0.941. The Bertz CT molecular complexity index is 478. The lowest BCUT2D eigenvalue weighted by Crippen LogP contribution is -2.50. The van der Waals surface area contributed by atoms with Gasteiger partial charge in [-0.05, 0) is 31.2 Å². The smallest absolute Gasteiger partial charge is 0.133 e. The Kier molecular flexibility index (Phi) is 5.59. The van der Waals surface area contributed by atoms with Gasteiger partial charge >= 0.3 is 0 Å². The molecule has 1 heterocycles. The average molecular weight is 315 g/mol. The summed E-state index contributed by atoms with van der Waals surface area (Å²) in [5.41, 5.74) is 1.63. The van der Waals surface area contributed by atoms with Crippen LogP contribution in [0.1, 0.15) is 12.0 Å². The van der Waals surface area contributed by atoms with E-state index in [-0.39, 0.29) is 17.7 Å². The van der Waals surface area contributed by atoms with E-state index in [1.807, 2.05) is 16.8 Å². The van der Waals surface area contributed by atoms with Crippen molar-refractivity contribution in [1.29, 1.82) is 0 Å². The summed E-state index contributed by atoms with van der Waals surface area (Å²) < 4.78 is 27.4. The summed E-state index contributed by atoms with van der Waals surface area (Å²) in [7, 11) is 1.92. The van der Waals surface area contributed by atoms with Crippen molar-refractivity contribution in [1.82, 2.24) is 9.80 Å². The predicted octanol–water partition coefficient (Wildman–Crippen LogP) is 3.42. The highest BCUT2D eigenvalue weighted by molar-refractivity contribution is 6.19. The number of piperidine rings is 1. The van der Waals surface area contributed by atoms with Gasteiger partial charge in [0.25, 0.3) is 0 Å². The molecule has 21 heavy (non-hydrogen) atoms. The van der Waals surface area contributed by atoms with E-state index in [1.54, 1.807) is 12.1 Å². The van der Waals surface area contributed by atoms with Crippen molar-refractivity contribution >= 4 is 11.6 Å². The van der Waals surface area contributed by atoms with Crippen LogP contribution in [0.25, 0.3) is 0 Å². The molecule has 1 aliphatic heterocycles. The topological polar surface area (TPSA) is 6.48 Å². The normalized spacial score (nSPS) is 23.0. The van der Waals surface area contributed by atoms with Gasteiger partial charge in [-0.25, -0.2) is 8.78 Å². The van der Waals surface area contributed by atoms with Crippen molar-refractivity contribution in [2.24, 2.45) is 0 Å². The number of hydrogen-bond donors (Lipinski definition) is 0.